The third kappa shape index (κ3) is 5.16. The lowest BCUT2D eigenvalue weighted by Gasteiger charge is -2.33. The number of nitrogens with two attached hydrogens (primary N) is 1. The Morgan fingerprint density at radius 1 is 0.829 bits per heavy atom. The highest BCUT2D eigenvalue weighted by molar-refractivity contribution is 5.76. The quantitative estimate of drug-likeness (QED) is 0.445. The van der Waals surface area contributed by atoms with Gasteiger partial charge in [-0.15, -0.1) is 0 Å². The first-order valence-corrected chi connectivity index (χ1v) is 11.8. The topological polar surface area (TPSA) is 67.4 Å². The molecule has 0 saturated carbocycles. The summed E-state index contributed by atoms with van der Waals surface area (Å²) in [5, 5.41) is 4.68. The molecule has 0 spiro atoms. The van der Waals surface area contributed by atoms with Crippen LogP contribution in [-0.4, -0.2) is 58.2 Å². The summed E-state index contributed by atoms with van der Waals surface area (Å²) < 4.78 is 16.8. The molecule has 1 aliphatic rings. The van der Waals surface area contributed by atoms with Crippen molar-refractivity contribution in [2.75, 3.05) is 32.7 Å². The third-order valence-corrected chi connectivity index (χ3v) is 6.43. The Bertz CT molecular complexity index is 1290. The van der Waals surface area contributed by atoms with Gasteiger partial charge in [0.25, 0.3) is 0 Å². The number of piperazine rings is 1. The second-order valence-electron chi connectivity index (χ2n) is 8.84. The summed E-state index contributed by atoms with van der Waals surface area (Å²) >= 11 is 0. The molecule has 1 aliphatic heterocycles. The van der Waals surface area contributed by atoms with E-state index in [1.54, 1.807) is 12.1 Å². The number of primary amides is 1. The fourth-order valence-corrected chi connectivity index (χ4v) is 4.63. The van der Waals surface area contributed by atoms with Crippen LogP contribution in [0.15, 0.2) is 85.1 Å². The van der Waals surface area contributed by atoms with Crippen molar-refractivity contribution in [3.05, 3.63) is 96.4 Å². The van der Waals surface area contributed by atoms with E-state index in [2.05, 4.69) is 39.2 Å². The van der Waals surface area contributed by atoms with Gasteiger partial charge in [-0.25, -0.2) is 9.07 Å². The number of halogens is 1. The highest BCUT2D eigenvalue weighted by atomic mass is 19.1. The van der Waals surface area contributed by atoms with Gasteiger partial charge in [0.05, 0.1) is 24.1 Å². The van der Waals surface area contributed by atoms with Crippen LogP contribution in [0.3, 0.4) is 0 Å². The van der Waals surface area contributed by atoms with Gasteiger partial charge in [0.1, 0.15) is 5.82 Å². The van der Waals surface area contributed by atoms with E-state index < -0.39 is 0 Å². The van der Waals surface area contributed by atoms with E-state index in [1.807, 2.05) is 47.3 Å². The molecule has 0 bridgehead atoms. The lowest BCUT2D eigenvalue weighted by atomic mass is 10.0. The van der Waals surface area contributed by atoms with E-state index in [0.29, 0.717) is 12.1 Å². The Hall–Kier alpha value is -3.81. The van der Waals surface area contributed by atoms with Crippen LogP contribution in [-0.2, 0) is 11.3 Å². The van der Waals surface area contributed by atoms with Crippen molar-refractivity contribution in [3.8, 4) is 28.1 Å². The molecule has 0 aliphatic carbocycles. The molecule has 7 heteroatoms. The minimum absolute atomic E-state index is 0.275. The summed E-state index contributed by atoms with van der Waals surface area (Å²) in [7, 11) is 0. The number of benzene rings is 3. The van der Waals surface area contributed by atoms with Crippen LogP contribution in [0.25, 0.3) is 28.1 Å². The number of hydrogen-bond donors (Lipinski definition) is 1. The Labute approximate surface area is 204 Å². The van der Waals surface area contributed by atoms with Gasteiger partial charge in [-0.1, -0.05) is 54.6 Å². The molecule has 1 amide bonds. The number of nitrogens with zero attached hydrogens (tertiary/aromatic N) is 4. The van der Waals surface area contributed by atoms with Crippen LogP contribution in [0.1, 0.15) is 5.56 Å². The zero-order chi connectivity index (χ0) is 24.2. The summed E-state index contributed by atoms with van der Waals surface area (Å²) in [4.78, 5) is 15.6. The molecule has 3 aromatic carbocycles. The predicted octanol–water partition coefficient (Wildman–Crippen LogP) is 3.95. The standard InChI is InChI=1S/C28H28FN5O/c29-26-9-5-4-8-25(26)28-23(19-32-14-16-33(17-15-32)20-27(30)35)18-31-34(28)24-12-10-22(11-13-24)21-6-2-1-3-7-21/h1-13,18H,14-17,19-20H2,(H2,30,35). The summed E-state index contributed by atoms with van der Waals surface area (Å²) in [6, 6.07) is 25.2. The third-order valence-electron chi connectivity index (χ3n) is 6.43. The van der Waals surface area contributed by atoms with E-state index in [9.17, 15) is 9.18 Å². The van der Waals surface area contributed by atoms with E-state index in [-0.39, 0.29) is 18.3 Å². The molecule has 6 nitrogen and oxygen atoms in total. The highest BCUT2D eigenvalue weighted by Crippen LogP contribution is 2.31. The van der Waals surface area contributed by atoms with Crippen LogP contribution < -0.4 is 5.73 Å². The molecule has 0 radical (unpaired) electrons. The van der Waals surface area contributed by atoms with Crippen molar-refractivity contribution < 1.29 is 9.18 Å². The zero-order valence-electron chi connectivity index (χ0n) is 19.5. The molecule has 2 N–H and O–H groups in total. The van der Waals surface area contributed by atoms with Crippen molar-refractivity contribution in [1.29, 1.82) is 0 Å². The van der Waals surface area contributed by atoms with Gasteiger partial charge in [-0.2, -0.15) is 5.10 Å². The molecular weight excluding hydrogens is 441 g/mol. The first-order valence-electron chi connectivity index (χ1n) is 11.8. The van der Waals surface area contributed by atoms with Crippen molar-refractivity contribution in [2.45, 2.75) is 6.54 Å². The SMILES string of the molecule is NC(=O)CN1CCN(Cc2cnn(-c3ccc(-c4ccccc4)cc3)c2-c2ccccc2F)CC1. The van der Waals surface area contributed by atoms with Gasteiger partial charge in [0.15, 0.2) is 0 Å². The maximum absolute atomic E-state index is 15.0. The van der Waals surface area contributed by atoms with Gasteiger partial charge in [-0.3, -0.25) is 14.6 Å². The molecule has 178 valence electrons. The molecule has 0 unspecified atom stereocenters. The first kappa shape index (κ1) is 23.0. The zero-order valence-corrected chi connectivity index (χ0v) is 19.5. The fourth-order valence-electron chi connectivity index (χ4n) is 4.63. The molecule has 5 rings (SSSR count). The highest BCUT2D eigenvalue weighted by Gasteiger charge is 2.23. The van der Waals surface area contributed by atoms with Gasteiger partial charge < -0.3 is 5.73 Å². The maximum Gasteiger partial charge on any atom is 0.231 e. The Morgan fingerprint density at radius 3 is 2.14 bits per heavy atom. The monoisotopic (exact) mass is 469 g/mol. The second-order valence-corrected chi connectivity index (χ2v) is 8.84. The molecule has 1 saturated heterocycles. The van der Waals surface area contributed by atoms with Gasteiger partial charge in [0.2, 0.25) is 5.91 Å². The van der Waals surface area contributed by atoms with Crippen LogP contribution in [0.5, 0.6) is 0 Å². The molecule has 2 heterocycles. The number of aromatic nitrogens is 2. The van der Waals surface area contributed by atoms with Gasteiger partial charge in [-0.05, 0) is 35.4 Å². The van der Waals surface area contributed by atoms with Crippen molar-refractivity contribution in [1.82, 2.24) is 19.6 Å². The number of carbonyl (C=O) groups excluding carboxylic acids is 1. The average Bonchev–Trinajstić information content (AvgIpc) is 3.29. The van der Waals surface area contributed by atoms with Crippen LogP contribution in [0.4, 0.5) is 4.39 Å². The fraction of sp³-hybridized carbons (Fsp3) is 0.214. The lowest BCUT2D eigenvalue weighted by molar-refractivity contribution is -0.119. The summed E-state index contributed by atoms with van der Waals surface area (Å²) in [6.07, 6.45) is 1.84. The smallest absolute Gasteiger partial charge is 0.231 e. The maximum atomic E-state index is 15.0. The summed E-state index contributed by atoms with van der Waals surface area (Å²) in [5.74, 6) is -0.581. The number of carbonyl (C=O) groups is 1. The number of rotatable bonds is 7. The van der Waals surface area contributed by atoms with Crippen LogP contribution >= 0.6 is 0 Å². The van der Waals surface area contributed by atoms with Gasteiger partial charge >= 0.3 is 0 Å². The minimum atomic E-state index is -0.306. The molecule has 1 aromatic heterocycles. The summed E-state index contributed by atoms with van der Waals surface area (Å²) in [5.41, 5.74) is 10.7. The van der Waals surface area contributed by atoms with Gasteiger partial charge in [0, 0.05) is 43.9 Å². The largest absolute Gasteiger partial charge is 0.369 e. The minimum Gasteiger partial charge on any atom is -0.369 e. The Balaban J connectivity index is 1.44. The average molecular weight is 470 g/mol. The van der Waals surface area contributed by atoms with Crippen LogP contribution in [0.2, 0.25) is 0 Å². The molecule has 4 aromatic rings. The van der Waals surface area contributed by atoms with E-state index in [0.717, 1.165) is 54.3 Å². The van der Waals surface area contributed by atoms with E-state index in [1.165, 1.54) is 6.07 Å². The Morgan fingerprint density at radius 2 is 1.46 bits per heavy atom. The molecule has 0 atom stereocenters. The Kier molecular flexibility index (Phi) is 6.70. The summed E-state index contributed by atoms with van der Waals surface area (Å²) in [6.45, 7) is 4.09. The second kappa shape index (κ2) is 10.2. The number of amides is 1. The van der Waals surface area contributed by atoms with Crippen molar-refractivity contribution in [2.24, 2.45) is 5.73 Å². The van der Waals surface area contributed by atoms with E-state index in [4.69, 9.17) is 5.73 Å². The molecule has 1 fully saturated rings. The van der Waals surface area contributed by atoms with E-state index >= 15 is 0 Å². The van der Waals surface area contributed by atoms with Crippen molar-refractivity contribution in [3.63, 3.8) is 0 Å². The molecular formula is C28H28FN5O. The van der Waals surface area contributed by atoms with Crippen molar-refractivity contribution >= 4 is 5.91 Å². The molecule has 35 heavy (non-hydrogen) atoms. The van der Waals surface area contributed by atoms with Crippen LogP contribution in [0, 0.1) is 5.82 Å². The lowest BCUT2D eigenvalue weighted by Crippen LogP contribution is -2.48. The predicted molar refractivity (Wildman–Crippen MR) is 135 cm³/mol. The first-order chi connectivity index (χ1) is 17.1. The number of hydrogen-bond acceptors (Lipinski definition) is 4. The normalized spacial score (nSPS) is 14.8.